The van der Waals surface area contributed by atoms with Crippen molar-refractivity contribution in [2.45, 2.75) is 19.1 Å². The lowest BCUT2D eigenvalue weighted by molar-refractivity contribution is 0.107. The van der Waals surface area contributed by atoms with E-state index in [1.54, 1.807) is 18.6 Å². The molecule has 0 spiro atoms. The Kier molecular flexibility index (Phi) is 6.34. The number of nitrogens with zero attached hydrogens (tertiary/aromatic N) is 3. The van der Waals surface area contributed by atoms with Crippen LogP contribution >= 0.6 is 0 Å². The van der Waals surface area contributed by atoms with Crippen molar-refractivity contribution in [1.29, 1.82) is 0 Å². The first kappa shape index (κ1) is 18.8. The second-order valence-electron chi connectivity index (χ2n) is 6.72. The second-order valence-corrected chi connectivity index (χ2v) is 6.72. The Morgan fingerprint density at radius 2 is 1.59 bits per heavy atom. The summed E-state index contributed by atoms with van der Waals surface area (Å²) < 4.78 is 6.37. The number of likely N-dealkylation sites (N-methyl/N-ethyl adjacent to an activating group) is 1. The third kappa shape index (κ3) is 5.25. The van der Waals surface area contributed by atoms with Crippen molar-refractivity contribution in [3.8, 4) is 5.75 Å². The largest absolute Gasteiger partial charge is 0.482 e. The van der Waals surface area contributed by atoms with E-state index in [1.807, 2.05) is 54.7 Å². The molecule has 3 rings (SSSR count). The minimum Gasteiger partial charge on any atom is -0.482 e. The Hall–Kier alpha value is -2.98. The lowest BCUT2D eigenvalue weighted by Gasteiger charge is -2.30. The van der Waals surface area contributed by atoms with Crippen LogP contribution in [0, 0.1) is 0 Å². The number of pyridine rings is 2. The van der Waals surface area contributed by atoms with Crippen molar-refractivity contribution in [3.05, 3.63) is 90.0 Å². The number of hydrogen-bond acceptors (Lipinski definition) is 4. The van der Waals surface area contributed by atoms with Crippen LogP contribution in [0.3, 0.4) is 0 Å². The maximum absolute atomic E-state index is 6.37. The molecule has 27 heavy (non-hydrogen) atoms. The molecule has 0 aliphatic rings. The summed E-state index contributed by atoms with van der Waals surface area (Å²) in [5.74, 6) is 0.759. The predicted molar refractivity (Wildman–Crippen MR) is 110 cm³/mol. The van der Waals surface area contributed by atoms with Crippen LogP contribution in [0.25, 0.3) is 12.2 Å². The van der Waals surface area contributed by atoms with Gasteiger partial charge in [0.1, 0.15) is 11.9 Å². The number of ether oxygens (including phenoxy) is 1. The van der Waals surface area contributed by atoms with E-state index in [2.05, 4.69) is 48.0 Å². The summed E-state index contributed by atoms with van der Waals surface area (Å²) in [5.41, 5.74) is 3.24. The second kappa shape index (κ2) is 9.10. The van der Waals surface area contributed by atoms with Gasteiger partial charge in [-0.05, 0) is 55.9 Å². The normalized spacial score (nSPS) is 13.6. The molecule has 3 aromatic rings. The Labute approximate surface area is 161 Å². The monoisotopic (exact) mass is 359 g/mol. The summed E-state index contributed by atoms with van der Waals surface area (Å²) in [6, 6.07) is 16.5. The van der Waals surface area contributed by atoms with Crippen molar-refractivity contribution >= 4 is 12.2 Å². The van der Waals surface area contributed by atoms with Gasteiger partial charge in [0.25, 0.3) is 0 Å². The maximum atomic E-state index is 6.37. The Bertz CT molecular complexity index is 863. The number of benzene rings is 1. The van der Waals surface area contributed by atoms with E-state index >= 15 is 0 Å². The first-order chi connectivity index (χ1) is 13.1. The molecule has 0 N–H and O–H groups in total. The Balaban J connectivity index is 1.81. The molecule has 0 radical (unpaired) electrons. The van der Waals surface area contributed by atoms with Gasteiger partial charge >= 0.3 is 0 Å². The van der Waals surface area contributed by atoms with Crippen LogP contribution in [0.15, 0.2) is 73.3 Å². The topological polar surface area (TPSA) is 38.3 Å². The van der Waals surface area contributed by atoms with E-state index in [4.69, 9.17) is 4.74 Å². The van der Waals surface area contributed by atoms with Crippen LogP contribution in [-0.4, -0.2) is 35.0 Å². The minimum absolute atomic E-state index is 0.0811. The highest BCUT2D eigenvalue weighted by molar-refractivity contribution is 5.69. The van der Waals surface area contributed by atoms with Gasteiger partial charge in [0.05, 0.1) is 6.20 Å². The lowest BCUT2D eigenvalue weighted by atomic mass is 10.0. The summed E-state index contributed by atoms with van der Waals surface area (Å²) >= 11 is 0. The molecular weight excluding hydrogens is 334 g/mol. The van der Waals surface area contributed by atoms with Gasteiger partial charge in [-0.15, -0.1) is 0 Å². The molecule has 0 aliphatic carbocycles. The molecule has 4 heteroatoms. The SMILES string of the molecule is C[C@@H]([C@H](Oc1cncc(C=Cc2ccncc2)c1)c1ccccc1)N(C)C. The fraction of sp³-hybridized carbons (Fsp3) is 0.217. The quantitative estimate of drug-likeness (QED) is 0.612. The van der Waals surface area contributed by atoms with Crippen LogP contribution in [0.5, 0.6) is 5.75 Å². The smallest absolute Gasteiger partial charge is 0.139 e. The van der Waals surface area contributed by atoms with Gasteiger partial charge in [0.2, 0.25) is 0 Å². The summed E-state index contributed by atoms with van der Waals surface area (Å²) in [4.78, 5) is 10.5. The molecular formula is C23H25N3O. The molecule has 0 saturated heterocycles. The first-order valence-electron chi connectivity index (χ1n) is 9.04. The van der Waals surface area contributed by atoms with E-state index in [9.17, 15) is 0 Å². The molecule has 0 saturated carbocycles. The van der Waals surface area contributed by atoms with Gasteiger partial charge in [-0.2, -0.15) is 0 Å². The summed E-state index contributed by atoms with van der Waals surface area (Å²) in [7, 11) is 4.13. The molecule has 1 aromatic carbocycles. The highest BCUT2D eigenvalue weighted by Crippen LogP contribution is 2.27. The van der Waals surface area contributed by atoms with Gasteiger partial charge in [0.15, 0.2) is 0 Å². The van der Waals surface area contributed by atoms with Gasteiger partial charge in [-0.1, -0.05) is 42.5 Å². The maximum Gasteiger partial charge on any atom is 0.139 e. The van der Waals surface area contributed by atoms with Crippen LogP contribution in [0.2, 0.25) is 0 Å². The molecule has 4 nitrogen and oxygen atoms in total. The molecule has 0 fully saturated rings. The third-order valence-electron chi connectivity index (χ3n) is 4.55. The first-order valence-corrected chi connectivity index (χ1v) is 9.04. The van der Waals surface area contributed by atoms with Crippen LogP contribution in [0.4, 0.5) is 0 Å². The van der Waals surface area contributed by atoms with E-state index in [1.165, 1.54) is 0 Å². The van der Waals surface area contributed by atoms with E-state index in [-0.39, 0.29) is 12.1 Å². The van der Waals surface area contributed by atoms with E-state index in [0.29, 0.717) is 0 Å². The zero-order valence-electron chi connectivity index (χ0n) is 16.0. The average molecular weight is 359 g/mol. The summed E-state index contributed by atoms with van der Waals surface area (Å²) in [6.45, 7) is 2.16. The van der Waals surface area contributed by atoms with Crippen molar-refractivity contribution < 1.29 is 4.74 Å². The molecule has 138 valence electrons. The van der Waals surface area contributed by atoms with Crippen molar-refractivity contribution in [1.82, 2.24) is 14.9 Å². The highest BCUT2D eigenvalue weighted by Gasteiger charge is 2.23. The van der Waals surface area contributed by atoms with Gasteiger partial charge in [-0.3, -0.25) is 9.97 Å². The fourth-order valence-electron chi connectivity index (χ4n) is 2.76. The van der Waals surface area contributed by atoms with E-state index < -0.39 is 0 Å². The molecule has 2 aromatic heterocycles. The molecule has 0 aliphatic heterocycles. The zero-order valence-corrected chi connectivity index (χ0v) is 16.0. The number of aromatic nitrogens is 2. The minimum atomic E-state index is -0.0811. The highest BCUT2D eigenvalue weighted by atomic mass is 16.5. The molecule has 2 heterocycles. The Morgan fingerprint density at radius 1 is 0.889 bits per heavy atom. The molecule has 0 unspecified atom stereocenters. The van der Waals surface area contributed by atoms with E-state index in [0.717, 1.165) is 22.4 Å². The zero-order chi connectivity index (χ0) is 19.1. The van der Waals surface area contributed by atoms with Crippen LogP contribution < -0.4 is 4.74 Å². The predicted octanol–water partition coefficient (Wildman–Crippen LogP) is 4.72. The summed E-state index contributed by atoms with van der Waals surface area (Å²) in [6.07, 6.45) is 11.2. The molecule has 2 atom stereocenters. The van der Waals surface area contributed by atoms with Crippen molar-refractivity contribution in [2.75, 3.05) is 14.1 Å². The number of hydrogen-bond donors (Lipinski definition) is 0. The lowest BCUT2D eigenvalue weighted by Crippen LogP contribution is -2.34. The average Bonchev–Trinajstić information content (AvgIpc) is 2.71. The van der Waals surface area contributed by atoms with Crippen LogP contribution in [0.1, 0.15) is 29.7 Å². The number of rotatable bonds is 7. The van der Waals surface area contributed by atoms with Gasteiger partial charge < -0.3 is 9.64 Å². The standard InChI is InChI=1S/C23H25N3O/c1-18(26(2)3)23(21-7-5-4-6-8-21)27-22-15-20(16-25-17-22)10-9-19-11-13-24-14-12-19/h4-18,23H,1-3H3/t18-,23-/m0/s1. The fourth-order valence-corrected chi connectivity index (χ4v) is 2.76. The van der Waals surface area contributed by atoms with Gasteiger partial charge in [-0.25, -0.2) is 0 Å². The summed E-state index contributed by atoms with van der Waals surface area (Å²) in [5, 5.41) is 0. The Morgan fingerprint density at radius 3 is 2.30 bits per heavy atom. The van der Waals surface area contributed by atoms with Crippen molar-refractivity contribution in [2.24, 2.45) is 0 Å². The van der Waals surface area contributed by atoms with Gasteiger partial charge in [0, 0.05) is 24.6 Å². The van der Waals surface area contributed by atoms with Crippen LogP contribution in [-0.2, 0) is 0 Å². The van der Waals surface area contributed by atoms with Crippen molar-refractivity contribution in [3.63, 3.8) is 0 Å². The molecule has 0 bridgehead atoms. The molecule has 0 amide bonds. The third-order valence-corrected chi connectivity index (χ3v) is 4.55.